The van der Waals surface area contributed by atoms with E-state index < -0.39 is 0 Å². The third-order valence-electron chi connectivity index (χ3n) is 8.85. The van der Waals surface area contributed by atoms with Crippen molar-refractivity contribution >= 4 is 23.4 Å². The third-order valence-corrected chi connectivity index (χ3v) is 8.85. The number of nitrogens with one attached hydrogen (secondary N) is 1. The molecule has 0 unspecified atom stereocenters. The van der Waals surface area contributed by atoms with E-state index in [2.05, 4.69) is 50.0 Å². The molecule has 6 rings (SSSR count). The maximum Gasteiger partial charge on any atom is 0.320 e. The van der Waals surface area contributed by atoms with Crippen molar-refractivity contribution in [2.75, 3.05) is 26.2 Å². The number of carbonyl (C=O) groups is 1. The number of urea groups is 1. The molecule has 1 aromatic carbocycles. The molecule has 5 aliphatic rings. The Bertz CT molecular complexity index is 1170. The van der Waals surface area contributed by atoms with Crippen molar-refractivity contribution in [2.24, 2.45) is 38.9 Å². The Hall–Kier alpha value is -2.96. The first kappa shape index (κ1) is 23.4. The highest BCUT2D eigenvalue weighted by Crippen LogP contribution is 2.52. The zero-order valence-electron chi connectivity index (χ0n) is 21.8. The Labute approximate surface area is 214 Å². The summed E-state index contributed by atoms with van der Waals surface area (Å²) in [4.78, 5) is 26.2. The molecule has 7 nitrogen and oxygen atoms in total. The van der Waals surface area contributed by atoms with Gasteiger partial charge >= 0.3 is 6.03 Å². The number of amides is 2. The maximum absolute atomic E-state index is 13.0. The minimum absolute atomic E-state index is 0.178. The monoisotopic (exact) mass is 486 g/mol. The lowest BCUT2D eigenvalue weighted by atomic mass is 9.57. The summed E-state index contributed by atoms with van der Waals surface area (Å²) < 4.78 is 0. The van der Waals surface area contributed by atoms with E-state index >= 15 is 0 Å². The SMILES string of the molecule is CC1=C(C(C)C)N=C(c2ccc(C3CN(C(=O)N4CC5(CC(C(N)=NC(=N)C6CC6)C5)C4)C3)cc2)C1. The van der Waals surface area contributed by atoms with Crippen LogP contribution in [0.25, 0.3) is 0 Å². The van der Waals surface area contributed by atoms with Gasteiger partial charge in [-0.2, -0.15) is 0 Å². The first-order valence-electron chi connectivity index (χ1n) is 13.6. The van der Waals surface area contributed by atoms with Gasteiger partial charge in [0.15, 0.2) is 0 Å². The normalized spacial score (nSPS) is 24.1. The van der Waals surface area contributed by atoms with Crippen molar-refractivity contribution in [2.45, 2.75) is 58.8 Å². The van der Waals surface area contributed by atoms with Gasteiger partial charge in [-0.3, -0.25) is 10.4 Å². The Morgan fingerprint density at radius 1 is 1.11 bits per heavy atom. The van der Waals surface area contributed by atoms with Crippen LogP contribution in [-0.4, -0.2) is 59.4 Å². The minimum Gasteiger partial charge on any atom is -0.387 e. The Morgan fingerprint density at radius 2 is 1.78 bits per heavy atom. The number of nitrogens with two attached hydrogens (primary N) is 1. The highest BCUT2D eigenvalue weighted by Gasteiger charge is 2.55. The summed E-state index contributed by atoms with van der Waals surface area (Å²) in [5.74, 6) is 2.59. The van der Waals surface area contributed by atoms with Crippen molar-refractivity contribution in [1.29, 1.82) is 5.41 Å². The molecule has 3 aliphatic heterocycles. The Morgan fingerprint density at radius 3 is 2.36 bits per heavy atom. The van der Waals surface area contributed by atoms with E-state index in [1.165, 1.54) is 28.1 Å². The molecule has 0 radical (unpaired) electrons. The third kappa shape index (κ3) is 4.16. The second kappa shape index (κ2) is 8.56. The second-order valence-electron chi connectivity index (χ2n) is 12.2. The number of benzene rings is 1. The summed E-state index contributed by atoms with van der Waals surface area (Å²) in [5, 5.41) is 7.97. The fraction of sp³-hybridized carbons (Fsp3) is 0.586. The van der Waals surface area contributed by atoms with E-state index in [4.69, 9.17) is 16.1 Å². The van der Waals surface area contributed by atoms with Gasteiger partial charge in [0.2, 0.25) is 0 Å². The molecular formula is C29H38N6O. The molecule has 1 aromatic rings. The smallest absolute Gasteiger partial charge is 0.320 e. The van der Waals surface area contributed by atoms with E-state index in [0.29, 0.717) is 29.4 Å². The molecule has 2 saturated carbocycles. The van der Waals surface area contributed by atoms with Crippen LogP contribution in [0.15, 0.2) is 45.5 Å². The molecule has 0 atom stereocenters. The molecule has 36 heavy (non-hydrogen) atoms. The lowest BCUT2D eigenvalue weighted by Crippen LogP contribution is -2.68. The molecule has 4 fully saturated rings. The highest BCUT2D eigenvalue weighted by atomic mass is 16.2. The summed E-state index contributed by atoms with van der Waals surface area (Å²) in [6.45, 7) is 9.86. The lowest BCUT2D eigenvalue weighted by molar-refractivity contribution is -0.0623. The minimum atomic E-state index is 0.178. The van der Waals surface area contributed by atoms with Gasteiger partial charge in [-0.05, 0) is 55.2 Å². The molecule has 3 N–H and O–H groups in total. The quantitative estimate of drug-likeness (QED) is 0.462. The zero-order chi connectivity index (χ0) is 25.2. The van der Waals surface area contributed by atoms with E-state index in [9.17, 15) is 4.79 Å². The zero-order valence-corrected chi connectivity index (χ0v) is 21.8. The summed E-state index contributed by atoms with van der Waals surface area (Å²) in [6, 6.07) is 9.01. The topological polar surface area (TPSA) is 98.1 Å². The number of amidine groups is 2. The van der Waals surface area contributed by atoms with E-state index in [0.717, 1.165) is 58.3 Å². The van der Waals surface area contributed by atoms with Gasteiger partial charge in [-0.25, -0.2) is 9.79 Å². The van der Waals surface area contributed by atoms with E-state index in [1.807, 2.05) is 9.80 Å². The predicted molar refractivity (Wildman–Crippen MR) is 144 cm³/mol. The molecule has 190 valence electrons. The van der Waals surface area contributed by atoms with Crippen LogP contribution in [0.4, 0.5) is 4.79 Å². The first-order valence-corrected chi connectivity index (χ1v) is 13.6. The average molecular weight is 487 g/mol. The fourth-order valence-electron chi connectivity index (χ4n) is 6.43. The Kier molecular flexibility index (Phi) is 5.58. The number of aliphatic imine (C=N–C) groups is 2. The Balaban J connectivity index is 0.958. The number of rotatable bonds is 5. The number of nitrogens with zero attached hydrogens (tertiary/aromatic N) is 4. The van der Waals surface area contributed by atoms with Crippen LogP contribution < -0.4 is 5.73 Å². The van der Waals surface area contributed by atoms with Gasteiger partial charge in [0.05, 0.1) is 5.71 Å². The van der Waals surface area contributed by atoms with Crippen LogP contribution in [-0.2, 0) is 0 Å². The van der Waals surface area contributed by atoms with Gasteiger partial charge in [-0.1, -0.05) is 38.1 Å². The van der Waals surface area contributed by atoms with Gasteiger partial charge in [-0.15, -0.1) is 0 Å². The molecular weight excluding hydrogens is 448 g/mol. The van der Waals surface area contributed by atoms with Crippen molar-refractivity contribution in [3.8, 4) is 0 Å². The highest BCUT2D eigenvalue weighted by molar-refractivity contribution is 6.04. The van der Waals surface area contributed by atoms with Crippen molar-refractivity contribution < 1.29 is 4.79 Å². The molecule has 2 saturated heterocycles. The van der Waals surface area contributed by atoms with Gasteiger partial charge < -0.3 is 15.5 Å². The van der Waals surface area contributed by atoms with Crippen LogP contribution >= 0.6 is 0 Å². The molecule has 2 amide bonds. The van der Waals surface area contributed by atoms with Crippen LogP contribution in [0.5, 0.6) is 0 Å². The standard InChI is InChI=1S/C29H38N6O/c1-17(2)25-18(3)10-24(32-25)20-6-4-19(5-7-20)23-13-34(14-23)28(36)35-15-29(16-35)11-22(12-29)27(31)33-26(30)21-8-9-21/h4-7,17,21-23H,8-16H2,1-3H3,(H3,30,31,33). The van der Waals surface area contributed by atoms with E-state index in [1.54, 1.807) is 0 Å². The molecule has 1 spiro atoms. The predicted octanol–water partition coefficient (Wildman–Crippen LogP) is 4.79. The number of hydrogen-bond acceptors (Lipinski definition) is 3. The van der Waals surface area contributed by atoms with Gasteiger partial charge in [0.25, 0.3) is 0 Å². The molecule has 2 aliphatic carbocycles. The number of carbonyl (C=O) groups excluding carboxylic acids is 1. The summed E-state index contributed by atoms with van der Waals surface area (Å²) in [7, 11) is 0. The molecule has 7 heteroatoms. The average Bonchev–Trinajstić information content (AvgIpc) is 3.53. The van der Waals surface area contributed by atoms with Crippen molar-refractivity contribution in [1.82, 2.24) is 9.80 Å². The van der Waals surface area contributed by atoms with Crippen molar-refractivity contribution in [3.63, 3.8) is 0 Å². The second-order valence-corrected chi connectivity index (χ2v) is 12.2. The summed E-state index contributed by atoms with van der Waals surface area (Å²) in [5.41, 5.74) is 12.7. The number of hydrogen-bond donors (Lipinski definition) is 2. The largest absolute Gasteiger partial charge is 0.387 e. The molecule has 0 aromatic heterocycles. The summed E-state index contributed by atoms with van der Waals surface area (Å²) in [6.07, 6.45) is 5.10. The summed E-state index contributed by atoms with van der Waals surface area (Å²) >= 11 is 0. The lowest BCUT2D eigenvalue weighted by Gasteiger charge is -2.60. The van der Waals surface area contributed by atoms with Crippen LogP contribution in [0.1, 0.15) is 69.9 Å². The van der Waals surface area contributed by atoms with Crippen LogP contribution in [0.2, 0.25) is 0 Å². The fourth-order valence-corrected chi connectivity index (χ4v) is 6.43. The van der Waals surface area contributed by atoms with E-state index in [-0.39, 0.29) is 17.4 Å². The van der Waals surface area contributed by atoms with Crippen LogP contribution in [0, 0.1) is 28.6 Å². The maximum atomic E-state index is 13.0. The van der Waals surface area contributed by atoms with Gasteiger partial charge in [0.1, 0.15) is 11.7 Å². The molecule has 0 bridgehead atoms. The van der Waals surface area contributed by atoms with Crippen molar-refractivity contribution in [3.05, 3.63) is 46.7 Å². The number of likely N-dealkylation sites (tertiary alicyclic amines) is 2. The first-order chi connectivity index (χ1) is 17.2. The molecule has 3 heterocycles. The van der Waals surface area contributed by atoms with Gasteiger partial charge in [0, 0.05) is 61.5 Å². The van der Waals surface area contributed by atoms with Crippen LogP contribution in [0.3, 0.4) is 0 Å². The number of allylic oxidation sites excluding steroid dienone is 2.